The normalized spacial score (nSPS) is 15.4. The molecule has 0 spiro atoms. The van der Waals surface area contributed by atoms with E-state index in [9.17, 15) is 4.79 Å². The molecular weight excluding hydrogens is 312 g/mol. The Morgan fingerprint density at radius 2 is 1.96 bits per heavy atom. The van der Waals surface area contributed by atoms with E-state index in [0.29, 0.717) is 11.6 Å². The Morgan fingerprint density at radius 3 is 2.76 bits per heavy atom. The Kier molecular flexibility index (Phi) is 4.14. The van der Waals surface area contributed by atoms with Gasteiger partial charge >= 0.3 is 0 Å². The van der Waals surface area contributed by atoms with Crippen LogP contribution in [0.4, 0.5) is 5.82 Å². The Balaban J connectivity index is 1.81. The number of rotatable bonds is 4. The van der Waals surface area contributed by atoms with Crippen molar-refractivity contribution in [1.29, 1.82) is 0 Å². The van der Waals surface area contributed by atoms with Gasteiger partial charge in [-0.15, -0.1) is 0 Å². The number of nitrogens with zero attached hydrogens (tertiary/aromatic N) is 2. The van der Waals surface area contributed by atoms with Crippen LogP contribution in [0, 0.1) is 0 Å². The van der Waals surface area contributed by atoms with E-state index in [4.69, 9.17) is 10.7 Å². The molecule has 1 fully saturated rings. The first-order valence-electron chi connectivity index (χ1n) is 8.86. The van der Waals surface area contributed by atoms with Crippen LogP contribution in [0.3, 0.4) is 0 Å². The van der Waals surface area contributed by atoms with Crippen molar-refractivity contribution < 1.29 is 4.79 Å². The van der Waals surface area contributed by atoms with Crippen molar-refractivity contribution in [3.8, 4) is 11.3 Å². The molecule has 1 aliphatic rings. The van der Waals surface area contributed by atoms with Crippen LogP contribution in [0.1, 0.15) is 42.5 Å². The average molecular weight is 334 g/mol. The molecule has 0 radical (unpaired) electrons. The number of hydrogen-bond acceptors (Lipinski definition) is 3. The first kappa shape index (κ1) is 15.7. The van der Waals surface area contributed by atoms with Crippen molar-refractivity contribution >= 4 is 17.4 Å². The van der Waals surface area contributed by atoms with Gasteiger partial charge in [0.05, 0.1) is 0 Å². The fourth-order valence-corrected chi connectivity index (χ4v) is 3.60. The van der Waals surface area contributed by atoms with Crippen LogP contribution < -0.4 is 11.1 Å². The third kappa shape index (κ3) is 3.09. The molecule has 1 aromatic carbocycles. The maximum Gasteiger partial charge on any atom is 0.248 e. The Bertz CT molecular complexity index is 909. The first-order valence-corrected chi connectivity index (χ1v) is 8.86. The molecule has 5 heteroatoms. The molecule has 0 bridgehead atoms. The molecule has 0 atom stereocenters. The van der Waals surface area contributed by atoms with Crippen LogP contribution in [0.15, 0.2) is 48.7 Å². The molecule has 2 heterocycles. The quantitative estimate of drug-likeness (QED) is 0.761. The number of amides is 1. The molecule has 1 aliphatic carbocycles. The van der Waals surface area contributed by atoms with E-state index in [1.807, 2.05) is 42.6 Å². The maximum absolute atomic E-state index is 11.5. The summed E-state index contributed by atoms with van der Waals surface area (Å²) in [5.74, 6) is 0.566. The molecule has 128 valence electrons. The van der Waals surface area contributed by atoms with Gasteiger partial charge in [-0.1, -0.05) is 37.5 Å². The highest BCUT2D eigenvalue weighted by Crippen LogP contribution is 2.31. The zero-order chi connectivity index (χ0) is 17.2. The molecule has 1 saturated carbocycles. The monoisotopic (exact) mass is 334 g/mol. The molecule has 1 amide bonds. The van der Waals surface area contributed by atoms with Gasteiger partial charge in [0, 0.05) is 23.4 Å². The van der Waals surface area contributed by atoms with Crippen LogP contribution in [0.2, 0.25) is 0 Å². The molecule has 0 saturated heterocycles. The van der Waals surface area contributed by atoms with E-state index in [-0.39, 0.29) is 0 Å². The van der Waals surface area contributed by atoms with Gasteiger partial charge in [0.2, 0.25) is 5.91 Å². The number of carbonyl (C=O) groups is 1. The SMILES string of the molecule is NC(=O)c1cccc(-c2nc3ccccn3c2NC2CCCCC2)c1. The fourth-order valence-electron chi connectivity index (χ4n) is 3.60. The number of pyridine rings is 1. The van der Waals surface area contributed by atoms with Gasteiger partial charge in [0.15, 0.2) is 0 Å². The van der Waals surface area contributed by atoms with Crippen LogP contribution in [0.25, 0.3) is 16.9 Å². The number of fused-ring (bicyclic) bond motifs is 1. The van der Waals surface area contributed by atoms with Crippen LogP contribution in [-0.2, 0) is 0 Å². The number of nitrogens with one attached hydrogen (secondary N) is 1. The number of primary amides is 1. The number of aromatic nitrogens is 2. The van der Waals surface area contributed by atoms with Crippen LogP contribution in [-0.4, -0.2) is 21.3 Å². The van der Waals surface area contributed by atoms with Gasteiger partial charge < -0.3 is 11.1 Å². The minimum Gasteiger partial charge on any atom is -0.367 e. The first-order chi connectivity index (χ1) is 12.2. The predicted octanol–water partition coefficient (Wildman–Crippen LogP) is 3.84. The number of anilines is 1. The summed E-state index contributed by atoms with van der Waals surface area (Å²) in [7, 11) is 0. The van der Waals surface area contributed by atoms with Crippen molar-refractivity contribution in [1.82, 2.24) is 9.38 Å². The third-order valence-corrected chi connectivity index (χ3v) is 4.90. The molecule has 2 aromatic heterocycles. The highest BCUT2D eigenvalue weighted by molar-refractivity contribution is 5.94. The topological polar surface area (TPSA) is 72.4 Å². The number of imidazole rings is 1. The maximum atomic E-state index is 11.5. The second-order valence-corrected chi connectivity index (χ2v) is 6.66. The lowest BCUT2D eigenvalue weighted by molar-refractivity contribution is 0.100. The minimum absolute atomic E-state index is 0.424. The van der Waals surface area contributed by atoms with Crippen molar-refractivity contribution in [3.63, 3.8) is 0 Å². The van der Waals surface area contributed by atoms with E-state index >= 15 is 0 Å². The summed E-state index contributed by atoms with van der Waals surface area (Å²) in [5, 5.41) is 3.70. The Labute approximate surface area is 146 Å². The van der Waals surface area contributed by atoms with Gasteiger partial charge in [-0.25, -0.2) is 4.98 Å². The zero-order valence-electron chi connectivity index (χ0n) is 14.1. The van der Waals surface area contributed by atoms with E-state index in [0.717, 1.165) is 22.7 Å². The lowest BCUT2D eigenvalue weighted by Crippen LogP contribution is -2.23. The van der Waals surface area contributed by atoms with Crippen molar-refractivity contribution in [2.75, 3.05) is 5.32 Å². The Morgan fingerprint density at radius 1 is 1.12 bits per heavy atom. The molecular formula is C20H22N4O. The number of nitrogens with two attached hydrogens (primary N) is 1. The molecule has 3 N–H and O–H groups in total. The van der Waals surface area contributed by atoms with E-state index < -0.39 is 5.91 Å². The highest BCUT2D eigenvalue weighted by Gasteiger charge is 2.19. The summed E-state index contributed by atoms with van der Waals surface area (Å²) in [6, 6.07) is 13.8. The standard InChI is InChI=1S/C20H22N4O/c21-19(25)15-8-6-7-14(13-15)18-20(22-16-9-2-1-3-10-16)24-12-5-4-11-17(24)23-18/h4-8,11-13,16,22H,1-3,9-10H2,(H2,21,25). The molecule has 0 unspecified atom stereocenters. The summed E-state index contributed by atoms with van der Waals surface area (Å²) >= 11 is 0. The summed E-state index contributed by atoms with van der Waals surface area (Å²) in [6.45, 7) is 0. The zero-order valence-corrected chi connectivity index (χ0v) is 14.1. The van der Waals surface area contributed by atoms with Gasteiger partial charge in [-0.2, -0.15) is 0 Å². The molecule has 3 aromatic rings. The summed E-state index contributed by atoms with van der Waals surface area (Å²) in [6.07, 6.45) is 8.23. The Hall–Kier alpha value is -2.82. The number of carbonyl (C=O) groups excluding carboxylic acids is 1. The average Bonchev–Trinajstić information content (AvgIpc) is 3.01. The van der Waals surface area contributed by atoms with Gasteiger partial charge in [0.25, 0.3) is 0 Å². The lowest BCUT2D eigenvalue weighted by atomic mass is 9.95. The lowest BCUT2D eigenvalue weighted by Gasteiger charge is -2.24. The molecule has 25 heavy (non-hydrogen) atoms. The van der Waals surface area contributed by atoms with Crippen LogP contribution in [0.5, 0.6) is 0 Å². The number of hydrogen-bond donors (Lipinski definition) is 2. The highest BCUT2D eigenvalue weighted by atomic mass is 16.1. The minimum atomic E-state index is -0.424. The van der Waals surface area contributed by atoms with E-state index in [1.165, 1.54) is 32.1 Å². The van der Waals surface area contributed by atoms with Gasteiger partial charge in [-0.3, -0.25) is 9.20 Å². The third-order valence-electron chi connectivity index (χ3n) is 4.90. The van der Waals surface area contributed by atoms with E-state index in [2.05, 4.69) is 9.72 Å². The molecule has 0 aliphatic heterocycles. The van der Waals surface area contributed by atoms with Crippen molar-refractivity contribution in [2.24, 2.45) is 5.73 Å². The van der Waals surface area contributed by atoms with Gasteiger partial charge in [-0.05, 0) is 37.1 Å². The smallest absolute Gasteiger partial charge is 0.248 e. The van der Waals surface area contributed by atoms with Crippen molar-refractivity contribution in [2.45, 2.75) is 38.1 Å². The van der Waals surface area contributed by atoms with E-state index in [1.54, 1.807) is 6.07 Å². The molecule has 5 nitrogen and oxygen atoms in total. The largest absolute Gasteiger partial charge is 0.367 e. The summed E-state index contributed by atoms with van der Waals surface area (Å²) in [5.41, 5.74) is 8.59. The predicted molar refractivity (Wildman–Crippen MR) is 99.6 cm³/mol. The fraction of sp³-hybridized carbons (Fsp3) is 0.300. The number of benzene rings is 1. The van der Waals surface area contributed by atoms with Crippen LogP contribution >= 0.6 is 0 Å². The summed E-state index contributed by atoms with van der Waals surface area (Å²) < 4.78 is 2.08. The summed E-state index contributed by atoms with van der Waals surface area (Å²) in [4.78, 5) is 16.3. The second kappa shape index (κ2) is 6.59. The van der Waals surface area contributed by atoms with Gasteiger partial charge in [0.1, 0.15) is 17.2 Å². The molecule has 4 rings (SSSR count). The second-order valence-electron chi connectivity index (χ2n) is 6.66. The van der Waals surface area contributed by atoms with Crippen molar-refractivity contribution in [3.05, 3.63) is 54.2 Å².